The Labute approximate surface area is 100 Å². The molecule has 0 aromatic heterocycles. The summed E-state index contributed by atoms with van der Waals surface area (Å²) in [6.45, 7) is 3.46. The van der Waals surface area contributed by atoms with E-state index in [4.69, 9.17) is 0 Å². The molecule has 0 radical (unpaired) electrons. The Morgan fingerprint density at radius 1 is 0.941 bits per heavy atom. The molecule has 17 heavy (non-hydrogen) atoms. The molecule has 4 nitrogen and oxygen atoms in total. The molecule has 0 aromatic rings. The molecule has 0 unspecified atom stereocenters. The van der Waals surface area contributed by atoms with Gasteiger partial charge in [-0.25, -0.2) is 13.6 Å². The molecule has 2 aliphatic heterocycles. The highest BCUT2D eigenvalue weighted by Gasteiger charge is 2.36. The maximum atomic E-state index is 13.0. The zero-order chi connectivity index (χ0) is 12.5. The topological polar surface area (TPSA) is 26.8 Å². The van der Waals surface area contributed by atoms with Crippen LogP contribution in [0.4, 0.5) is 13.6 Å². The quantitative estimate of drug-likeness (QED) is 0.640. The average molecular weight is 247 g/mol. The van der Waals surface area contributed by atoms with Gasteiger partial charge < -0.3 is 14.7 Å². The predicted molar refractivity (Wildman–Crippen MR) is 60.2 cm³/mol. The largest absolute Gasteiger partial charge is 0.324 e. The molecule has 2 aliphatic rings. The number of piperidine rings is 1. The van der Waals surface area contributed by atoms with E-state index in [9.17, 15) is 13.6 Å². The van der Waals surface area contributed by atoms with Crippen molar-refractivity contribution in [2.75, 3.05) is 46.3 Å². The number of rotatable bonds is 0. The average Bonchev–Trinajstić information content (AvgIpc) is 2.29. The highest BCUT2D eigenvalue weighted by Crippen LogP contribution is 2.28. The Morgan fingerprint density at radius 2 is 1.41 bits per heavy atom. The molecule has 2 rings (SSSR count). The van der Waals surface area contributed by atoms with Crippen LogP contribution in [0.1, 0.15) is 12.8 Å². The lowest BCUT2D eigenvalue weighted by Gasteiger charge is -2.38. The van der Waals surface area contributed by atoms with Crippen molar-refractivity contribution in [1.82, 2.24) is 14.7 Å². The lowest BCUT2D eigenvalue weighted by Crippen LogP contribution is -2.54. The number of amides is 2. The molecule has 0 N–H and O–H groups in total. The molecule has 2 fully saturated rings. The van der Waals surface area contributed by atoms with Crippen molar-refractivity contribution in [3.63, 3.8) is 0 Å². The Balaban J connectivity index is 1.84. The Hall–Kier alpha value is -0.910. The van der Waals surface area contributed by atoms with Crippen LogP contribution in [-0.4, -0.2) is 73.0 Å². The van der Waals surface area contributed by atoms with Crippen LogP contribution < -0.4 is 0 Å². The summed E-state index contributed by atoms with van der Waals surface area (Å²) in [4.78, 5) is 17.5. The molecule has 0 bridgehead atoms. The summed E-state index contributed by atoms with van der Waals surface area (Å²) < 4.78 is 26.0. The first-order chi connectivity index (χ1) is 7.98. The molecule has 2 saturated heterocycles. The smallest absolute Gasteiger partial charge is 0.320 e. The molecule has 0 spiro atoms. The SMILES string of the molecule is CN1CCN(C(=O)N2CCC(F)(F)CC2)CC1. The van der Waals surface area contributed by atoms with Crippen LogP contribution in [0, 0.1) is 0 Å². The standard InChI is InChI=1S/C11H19F2N3O/c1-14-6-8-16(9-7-14)10(17)15-4-2-11(12,13)3-5-15/h2-9H2,1H3. The number of halogens is 2. The number of carbonyl (C=O) groups excluding carboxylic acids is 1. The molecular formula is C11H19F2N3O. The summed E-state index contributed by atoms with van der Waals surface area (Å²) in [6, 6.07) is -0.0754. The normalized spacial score (nSPS) is 26.1. The number of hydrogen-bond donors (Lipinski definition) is 0. The molecular weight excluding hydrogens is 228 g/mol. The molecule has 0 saturated carbocycles. The Bertz CT molecular complexity index is 280. The van der Waals surface area contributed by atoms with Crippen molar-refractivity contribution < 1.29 is 13.6 Å². The second-order valence-electron chi connectivity index (χ2n) is 4.92. The van der Waals surface area contributed by atoms with Gasteiger partial charge in [0.1, 0.15) is 0 Å². The molecule has 0 atom stereocenters. The minimum Gasteiger partial charge on any atom is -0.324 e. The number of nitrogens with zero attached hydrogens (tertiary/aromatic N) is 3. The van der Waals surface area contributed by atoms with Gasteiger partial charge in [0.2, 0.25) is 0 Å². The minimum atomic E-state index is -2.58. The van der Waals surface area contributed by atoms with Crippen LogP contribution in [0.25, 0.3) is 0 Å². The highest BCUT2D eigenvalue weighted by molar-refractivity contribution is 5.74. The Morgan fingerprint density at radius 3 is 1.94 bits per heavy atom. The second-order valence-corrected chi connectivity index (χ2v) is 4.92. The molecule has 2 amide bonds. The van der Waals surface area contributed by atoms with Gasteiger partial charge in [-0.2, -0.15) is 0 Å². The van der Waals surface area contributed by atoms with Crippen molar-refractivity contribution in [3.8, 4) is 0 Å². The summed E-state index contributed by atoms with van der Waals surface area (Å²) in [5.41, 5.74) is 0. The lowest BCUT2D eigenvalue weighted by molar-refractivity contribution is -0.0496. The fraction of sp³-hybridized carbons (Fsp3) is 0.909. The number of likely N-dealkylation sites (tertiary alicyclic amines) is 1. The summed E-state index contributed by atoms with van der Waals surface area (Å²) in [6.07, 6.45) is -0.404. The maximum absolute atomic E-state index is 13.0. The van der Waals surface area contributed by atoms with E-state index in [2.05, 4.69) is 4.90 Å². The van der Waals surface area contributed by atoms with Crippen LogP contribution >= 0.6 is 0 Å². The van der Waals surface area contributed by atoms with Gasteiger partial charge in [-0.3, -0.25) is 0 Å². The van der Waals surface area contributed by atoms with Gasteiger partial charge in [-0.05, 0) is 7.05 Å². The van der Waals surface area contributed by atoms with Crippen LogP contribution in [0.15, 0.2) is 0 Å². The molecule has 6 heteroatoms. The predicted octanol–water partition coefficient (Wildman–Crippen LogP) is 1.08. The Kier molecular flexibility index (Phi) is 3.51. The van der Waals surface area contributed by atoms with E-state index in [0.717, 1.165) is 13.1 Å². The van der Waals surface area contributed by atoms with E-state index >= 15 is 0 Å². The van der Waals surface area contributed by atoms with Crippen molar-refractivity contribution >= 4 is 6.03 Å². The summed E-state index contributed by atoms with van der Waals surface area (Å²) in [5, 5.41) is 0. The molecule has 98 valence electrons. The van der Waals surface area contributed by atoms with Gasteiger partial charge in [-0.1, -0.05) is 0 Å². The van der Waals surface area contributed by atoms with Crippen molar-refractivity contribution in [2.24, 2.45) is 0 Å². The van der Waals surface area contributed by atoms with Gasteiger partial charge in [0.25, 0.3) is 5.92 Å². The second kappa shape index (κ2) is 4.76. The number of piperazine rings is 1. The van der Waals surface area contributed by atoms with Crippen molar-refractivity contribution in [1.29, 1.82) is 0 Å². The van der Waals surface area contributed by atoms with Gasteiger partial charge >= 0.3 is 6.03 Å². The van der Waals surface area contributed by atoms with E-state index in [0.29, 0.717) is 13.1 Å². The monoisotopic (exact) mass is 247 g/mol. The number of urea groups is 1. The minimum absolute atomic E-state index is 0.0754. The summed E-state index contributed by atoms with van der Waals surface area (Å²) in [5.74, 6) is -2.58. The van der Waals surface area contributed by atoms with Gasteiger partial charge in [0.05, 0.1) is 0 Å². The molecule has 0 aliphatic carbocycles. The van der Waals surface area contributed by atoms with E-state index in [1.807, 2.05) is 7.05 Å². The first-order valence-electron chi connectivity index (χ1n) is 6.08. The summed E-state index contributed by atoms with van der Waals surface area (Å²) >= 11 is 0. The van der Waals surface area contributed by atoms with Crippen LogP contribution in [0.3, 0.4) is 0 Å². The number of alkyl halides is 2. The number of hydrogen-bond acceptors (Lipinski definition) is 2. The number of carbonyl (C=O) groups is 1. The fourth-order valence-corrected chi connectivity index (χ4v) is 2.22. The van der Waals surface area contributed by atoms with Gasteiger partial charge in [0.15, 0.2) is 0 Å². The van der Waals surface area contributed by atoms with Gasteiger partial charge in [-0.15, -0.1) is 0 Å². The lowest BCUT2D eigenvalue weighted by atomic mass is 10.1. The maximum Gasteiger partial charge on any atom is 0.320 e. The van der Waals surface area contributed by atoms with E-state index in [1.165, 1.54) is 0 Å². The summed E-state index contributed by atoms with van der Waals surface area (Å²) in [7, 11) is 2.02. The third-order valence-corrected chi connectivity index (χ3v) is 3.54. The van der Waals surface area contributed by atoms with E-state index in [-0.39, 0.29) is 32.0 Å². The zero-order valence-electron chi connectivity index (χ0n) is 10.2. The first-order valence-corrected chi connectivity index (χ1v) is 6.08. The van der Waals surface area contributed by atoms with Gasteiger partial charge in [0, 0.05) is 52.1 Å². The zero-order valence-corrected chi connectivity index (χ0v) is 10.2. The van der Waals surface area contributed by atoms with E-state index < -0.39 is 5.92 Å². The van der Waals surface area contributed by atoms with E-state index in [1.54, 1.807) is 9.80 Å². The fourth-order valence-electron chi connectivity index (χ4n) is 2.22. The third-order valence-electron chi connectivity index (χ3n) is 3.54. The third kappa shape index (κ3) is 3.06. The van der Waals surface area contributed by atoms with Crippen LogP contribution in [-0.2, 0) is 0 Å². The van der Waals surface area contributed by atoms with Crippen LogP contribution in [0.5, 0.6) is 0 Å². The van der Waals surface area contributed by atoms with Crippen molar-refractivity contribution in [2.45, 2.75) is 18.8 Å². The molecule has 2 heterocycles. The van der Waals surface area contributed by atoms with Crippen LogP contribution in [0.2, 0.25) is 0 Å². The van der Waals surface area contributed by atoms with Crippen molar-refractivity contribution in [3.05, 3.63) is 0 Å². The first kappa shape index (κ1) is 12.5. The number of likely N-dealkylation sites (N-methyl/N-ethyl adjacent to an activating group) is 1. The molecule has 0 aromatic carbocycles. The highest BCUT2D eigenvalue weighted by atomic mass is 19.3.